The summed E-state index contributed by atoms with van der Waals surface area (Å²) in [6.07, 6.45) is -5.41. The minimum Gasteiger partial charge on any atom is -0.494 e. The van der Waals surface area contributed by atoms with Crippen LogP contribution in [-0.4, -0.2) is 39.3 Å². The van der Waals surface area contributed by atoms with E-state index in [0.29, 0.717) is 6.42 Å². The molecular weight excluding hydrogens is 561 g/mol. The molecule has 2 heterocycles. The zero-order chi connectivity index (χ0) is 24.1. The van der Waals surface area contributed by atoms with E-state index in [4.69, 9.17) is 4.74 Å². The number of likely N-dealkylation sites (tertiary alicyclic amines) is 1. The molecule has 0 radical (unpaired) electrons. The third-order valence-electron chi connectivity index (χ3n) is 5.46. The van der Waals surface area contributed by atoms with Crippen LogP contribution in [0.25, 0.3) is 16.6 Å². The van der Waals surface area contributed by atoms with E-state index in [1.165, 1.54) is 25.3 Å². The maximum Gasteiger partial charge on any atom is 0.418 e. The monoisotopic (exact) mass is 577 g/mol. The Bertz CT molecular complexity index is 1330. The number of methoxy groups -OCH3 is 1. The van der Waals surface area contributed by atoms with Gasteiger partial charge in [-0.2, -0.15) is 13.2 Å². The number of benzene rings is 2. The lowest BCUT2D eigenvalue weighted by molar-refractivity contribution is -0.136. The van der Waals surface area contributed by atoms with E-state index in [-0.39, 0.29) is 39.2 Å². The molecule has 1 aliphatic heterocycles. The zero-order valence-corrected chi connectivity index (χ0v) is 19.1. The zero-order valence-electron chi connectivity index (χ0n) is 17.0. The fraction of sp³-hybridized carbons (Fsp3) is 0.286. The Morgan fingerprint density at radius 1 is 1.27 bits per heavy atom. The molecule has 3 aromatic rings. The number of hydrogen-bond donors (Lipinski definition) is 1. The average molecular weight is 577 g/mol. The molecule has 1 aromatic heterocycles. The number of ether oxygens (including phenoxy) is 1. The first kappa shape index (κ1) is 23.3. The Kier molecular flexibility index (Phi) is 5.97. The number of aromatic nitrogens is 2. The molecule has 0 saturated carbocycles. The number of fused-ring (bicyclic) bond motifs is 1. The van der Waals surface area contributed by atoms with Gasteiger partial charge in [-0.15, -0.1) is 0 Å². The minimum absolute atomic E-state index is 0.00708. The first-order valence-corrected chi connectivity index (χ1v) is 10.8. The van der Waals surface area contributed by atoms with Gasteiger partial charge < -0.3 is 9.84 Å². The van der Waals surface area contributed by atoms with Crippen molar-refractivity contribution in [2.45, 2.75) is 25.1 Å². The molecule has 0 bridgehead atoms. The van der Waals surface area contributed by atoms with Crippen molar-refractivity contribution in [2.75, 3.05) is 13.7 Å². The number of carboxylic acid groups (broad SMARTS) is 1. The summed E-state index contributed by atoms with van der Waals surface area (Å²) in [4.78, 5) is 30.5. The number of amides is 1. The highest BCUT2D eigenvalue weighted by atomic mass is 127. The quantitative estimate of drug-likeness (QED) is 0.351. The molecule has 174 valence electrons. The lowest BCUT2D eigenvalue weighted by Gasteiger charge is -2.25. The Hall–Kier alpha value is -2.90. The summed E-state index contributed by atoms with van der Waals surface area (Å²) in [6.45, 7) is 0.129. The predicted octanol–water partition coefficient (Wildman–Crippen LogP) is 4.97. The van der Waals surface area contributed by atoms with Crippen molar-refractivity contribution in [3.8, 4) is 11.4 Å². The normalized spacial score (nSPS) is 16.4. The molecule has 7 nitrogen and oxygen atoms in total. The van der Waals surface area contributed by atoms with E-state index < -0.39 is 40.8 Å². The van der Waals surface area contributed by atoms with Crippen molar-refractivity contribution in [1.29, 1.82) is 0 Å². The largest absolute Gasteiger partial charge is 0.494 e. The molecule has 1 fully saturated rings. The van der Waals surface area contributed by atoms with Crippen molar-refractivity contribution < 1.29 is 32.2 Å². The predicted molar refractivity (Wildman–Crippen MR) is 118 cm³/mol. The second-order valence-electron chi connectivity index (χ2n) is 7.41. The maximum atomic E-state index is 14.5. The highest BCUT2D eigenvalue weighted by molar-refractivity contribution is 14.1. The third-order valence-corrected chi connectivity index (χ3v) is 6.08. The Morgan fingerprint density at radius 3 is 2.61 bits per heavy atom. The summed E-state index contributed by atoms with van der Waals surface area (Å²) < 4.78 is 61.9. The molecule has 12 heteroatoms. The summed E-state index contributed by atoms with van der Waals surface area (Å²) in [7, 11) is 1.26. The van der Waals surface area contributed by atoms with E-state index in [1.54, 1.807) is 22.6 Å². The van der Waals surface area contributed by atoms with E-state index in [1.807, 2.05) is 0 Å². The molecule has 1 atom stereocenters. The number of halogens is 5. The smallest absolute Gasteiger partial charge is 0.418 e. The molecule has 1 amide bonds. The third kappa shape index (κ3) is 4.11. The molecule has 2 aromatic carbocycles. The van der Waals surface area contributed by atoms with Crippen LogP contribution < -0.4 is 10.3 Å². The van der Waals surface area contributed by atoms with Gasteiger partial charge in [0.05, 0.1) is 35.3 Å². The SMILES string of the molecule is COc1ccc(-n2c([C@H]3CCCN3C(=O)O)nc3c(C(F)(F)F)cc(I)cc3c2=O)cc1F. The van der Waals surface area contributed by atoms with Gasteiger partial charge in [0.2, 0.25) is 0 Å². The first-order valence-electron chi connectivity index (χ1n) is 9.69. The van der Waals surface area contributed by atoms with Crippen molar-refractivity contribution in [3.63, 3.8) is 0 Å². The lowest BCUT2D eigenvalue weighted by Crippen LogP contribution is -2.34. The molecular formula is C21H16F4IN3O4. The van der Waals surface area contributed by atoms with Crippen molar-refractivity contribution >= 4 is 39.6 Å². The van der Waals surface area contributed by atoms with Gasteiger partial charge in [0.25, 0.3) is 5.56 Å². The van der Waals surface area contributed by atoms with Gasteiger partial charge in [-0.05, 0) is 59.7 Å². The molecule has 1 aliphatic rings. The van der Waals surface area contributed by atoms with E-state index in [9.17, 15) is 32.3 Å². The van der Waals surface area contributed by atoms with Crippen LogP contribution in [0.1, 0.15) is 30.3 Å². The minimum atomic E-state index is -4.79. The van der Waals surface area contributed by atoms with Crippen molar-refractivity contribution in [2.24, 2.45) is 0 Å². The lowest BCUT2D eigenvalue weighted by atomic mass is 10.1. The first-order chi connectivity index (χ1) is 15.5. The van der Waals surface area contributed by atoms with Gasteiger partial charge in [0.15, 0.2) is 11.6 Å². The molecule has 33 heavy (non-hydrogen) atoms. The van der Waals surface area contributed by atoms with Crippen LogP contribution >= 0.6 is 22.6 Å². The highest BCUT2D eigenvalue weighted by Gasteiger charge is 2.38. The Labute approximate surface area is 197 Å². The summed E-state index contributed by atoms with van der Waals surface area (Å²) in [6, 6.07) is 4.79. The molecule has 1 N–H and O–H groups in total. The van der Waals surface area contributed by atoms with Gasteiger partial charge in [-0.25, -0.2) is 14.2 Å². The molecule has 4 rings (SSSR count). The molecule has 0 unspecified atom stereocenters. The molecule has 0 aliphatic carbocycles. The Morgan fingerprint density at radius 2 is 2.00 bits per heavy atom. The van der Waals surface area contributed by atoms with Gasteiger partial charge in [0.1, 0.15) is 5.82 Å². The number of nitrogens with zero attached hydrogens (tertiary/aromatic N) is 3. The number of hydrogen-bond acceptors (Lipinski definition) is 4. The summed E-state index contributed by atoms with van der Waals surface area (Å²) in [5.41, 5.74) is -2.55. The summed E-state index contributed by atoms with van der Waals surface area (Å²) in [5, 5.41) is 9.26. The molecule has 0 spiro atoms. The fourth-order valence-electron chi connectivity index (χ4n) is 4.02. The van der Waals surface area contributed by atoms with Crippen LogP contribution in [0.2, 0.25) is 0 Å². The van der Waals surface area contributed by atoms with E-state index >= 15 is 0 Å². The standard InChI is InChI=1S/C21H16F4IN3O4/c1-33-16-5-4-11(9-14(16)22)29-18(15-3-2-6-28(15)20(31)32)27-17-12(19(29)30)7-10(26)8-13(17)21(23,24)25/h4-5,7-9,15H,2-3,6H2,1H3,(H,31,32)/t15-/m1/s1. The van der Waals surface area contributed by atoms with Crippen LogP contribution in [0.4, 0.5) is 22.4 Å². The fourth-order valence-corrected chi connectivity index (χ4v) is 4.64. The van der Waals surface area contributed by atoms with Crippen LogP contribution in [0.5, 0.6) is 5.75 Å². The number of rotatable bonds is 3. The summed E-state index contributed by atoms with van der Waals surface area (Å²) >= 11 is 1.67. The Balaban J connectivity index is 2.11. The van der Waals surface area contributed by atoms with Crippen LogP contribution in [0.3, 0.4) is 0 Å². The second-order valence-corrected chi connectivity index (χ2v) is 8.66. The van der Waals surface area contributed by atoms with E-state index in [0.717, 1.165) is 21.6 Å². The average Bonchev–Trinajstić information content (AvgIpc) is 3.23. The van der Waals surface area contributed by atoms with Crippen molar-refractivity contribution in [3.05, 3.63) is 61.5 Å². The highest BCUT2D eigenvalue weighted by Crippen LogP contribution is 2.37. The van der Waals surface area contributed by atoms with Gasteiger partial charge in [-0.3, -0.25) is 14.3 Å². The van der Waals surface area contributed by atoms with Crippen LogP contribution in [0, 0.1) is 9.39 Å². The van der Waals surface area contributed by atoms with Gasteiger partial charge in [0, 0.05) is 16.2 Å². The number of carbonyl (C=O) groups is 1. The maximum absolute atomic E-state index is 14.5. The topological polar surface area (TPSA) is 84.7 Å². The summed E-state index contributed by atoms with van der Waals surface area (Å²) in [5.74, 6) is -1.10. The van der Waals surface area contributed by atoms with Gasteiger partial charge >= 0.3 is 12.3 Å². The van der Waals surface area contributed by atoms with Crippen LogP contribution in [0.15, 0.2) is 35.1 Å². The molecule has 1 saturated heterocycles. The van der Waals surface area contributed by atoms with Crippen molar-refractivity contribution in [1.82, 2.24) is 14.5 Å². The van der Waals surface area contributed by atoms with E-state index in [2.05, 4.69) is 4.98 Å². The van der Waals surface area contributed by atoms with Crippen LogP contribution in [-0.2, 0) is 6.18 Å². The van der Waals surface area contributed by atoms with Gasteiger partial charge in [-0.1, -0.05) is 0 Å². The number of alkyl halides is 3. The second kappa shape index (κ2) is 8.47.